The Kier molecular flexibility index (Phi) is 20.5. The molecule has 62 heavy (non-hydrogen) atoms. The fourth-order valence-corrected chi connectivity index (χ4v) is 9.65. The number of carbonyl (C=O) groups is 1. The Bertz CT molecular complexity index is 1820. The van der Waals surface area contributed by atoms with Crippen molar-refractivity contribution in [3.63, 3.8) is 0 Å². The van der Waals surface area contributed by atoms with E-state index in [1.807, 2.05) is 13.0 Å². The lowest BCUT2D eigenvalue weighted by Gasteiger charge is -2.29. The van der Waals surface area contributed by atoms with Crippen LogP contribution in [0.25, 0.3) is 0 Å². The lowest BCUT2D eigenvalue weighted by atomic mass is 9.77. The first-order chi connectivity index (χ1) is 28.8. The second-order valence-electron chi connectivity index (χ2n) is 22.8. The van der Waals surface area contributed by atoms with E-state index >= 15 is 0 Å². The van der Waals surface area contributed by atoms with Crippen molar-refractivity contribution in [2.45, 2.75) is 251 Å². The van der Waals surface area contributed by atoms with Crippen molar-refractivity contribution in [3.8, 4) is 17.2 Å². The SMILES string of the molecule is CCCCCCCCCCCCCCCCCCC(Cc1cc(C(C)(C)C)c(O)c(C(C)(C)C)c1)C(=O)Oc1cc(C)c(Sc2cc(C(C)(C)C)c(O)cc2C)cc1C(C)(C)C. The molecule has 3 aromatic carbocycles. The van der Waals surface area contributed by atoms with Crippen LogP contribution in [0.5, 0.6) is 17.2 Å². The Morgan fingerprint density at radius 3 is 1.34 bits per heavy atom. The summed E-state index contributed by atoms with van der Waals surface area (Å²) in [7, 11) is 0. The van der Waals surface area contributed by atoms with Crippen molar-refractivity contribution in [3.05, 3.63) is 75.3 Å². The number of benzene rings is 3. The summed E-state index contributed by atoms with van der Waals surface area (Å²) < 4.78 is 6.56. The minimum atomic E-state index is -0.315. The molecule has 0 aliphatic rings. The van der Waals surface area contributed by atoms with Crippen molar-refractivity contribution in [1.82, 2.24) is 0 Å². The molecule has 0 saturated carbocycles. The summed E-state index contributed by atoms with van der Waals surface area (Å²) in [6, 6.07) is 12.5. The van der Waals surface area contributed by atoms with Gasteiger partial charge in [0, 0.05) is 20.9 Å². The Labute approximate surface area is 385 Å². The second kappa shape index (κ2) is 23.8. The van der Waals surface area contributed by atoms with Gasteiger partial charge < -0.3 is 14.9 Å². The summed E-state index contributed by atoms with van der Waals surface area (Å²) in [4.78, 5) is 16.8. The first-order valence-corrected chi connectivity index (χ1v) is 25.4. The van der Waals surface area contributed by atoms with E-state index in [1.54, 1.807) is 11.8 Å². The molecule has 0 aliphatic carbocycles. The van der Waals surface area contributed by atoms with Crippen LogP contribution in [0.15, 0.2) is 46.2 Å². The van der Waals surface area contributed by atoms with E-state index in [0.29, 0.717) is 23.7 Å². The molecule has 1 unspecified atom stereocenters. The number of aryl methyl sites for hydroxylation is 2. The summed E-state index contributed by atoms with van der Waals surface area (Å²) in [5, 5.41) is 22.3. The Morgan fingerprint density at radius 2 is 0.919 bits per heavy atom. The molecule has 0 heterocycles. The predicted molar refractivity (Wildman–Crippen MR) is 268 cm³/mol. The number of rotatable bonds is 23. The van der Waals surface area contributed by atoms with Crippen LogP contribution in [0.1, 0.15) is 238 Å². The van der Waals surface area contributed by atoms with Gasteiger partial charge >= 0.3 is 5.97 Å². The van der Waals surface area contributed by atoms with Crippen molar-refractivity contribution in [1.29, 1.82) is 0 Å². The third-order valence-electron chi connectivity index (χ3n) is 12.6. The van der Waals surface area contributed by atoms with Gasteiger partial charge in [0.25, 0.3) is 0 Å². The average molecular weight is 871 g/mol. The highest BCUT2D eigenvalue weighted by atomic mass is 32.2. The monoisotopic (exact) mass is 871 g/mol. The molecule has 0 aliphatic heterocycles. The van der Waals surface area contributed by atoms with E-state index in [2.05, 4.69) is 127 Å². The maximum Gasteiger partial charge on any atom is 0.314 e. The van der Waals surface area contributed by atoms with Crippen molar-refractivity contribution >= 4 is 17.7 Å². The standard InChI is InChI=1S/C57H90O4S/c1-16-17-18-19-20-21-22-23-24-25-26-27-28-29-30-31-32-43(35-42-36-46(56(10,11)12)52(59)47(37-42)57(13,14)15)53(60)61-49-34-41(3)51(39-45(49)55(7,8)9)62-50-38-44(54(4,5)6)48(58)33-40(50)2/h33-34,36-39,43,58-59H,16-32,35H2,1-15H3. The number of aromatic hydroxyl groups is 2. The largest absolute Gasteiger partial charge is 0.508 e. The van der Waals surface area contributed by atoms with Gasteiger partial charge in [0.1, 0.15) is 17.2 Å². The van der Waals surface area contributed by atoms with Gasteiger partial charge in [-0.15, -0.1) is 0 Å². The fourth-order valence-electron chi connectivity index (χ4n) is 8.62. The molecule has 0 saturated heterocycles. The quantitative estimate of drug-likeness (QED) is 0.0564. The van der Waals surface area contributed by atoms with Gasteiger partial charge in [-0.2, -0.15) is 0 Å². The predicted octanol–water partition coefficient (Wildman–Crippen LogP) is 17.5. The smallest absolute Gasteiger partial charge is 0.314 e. The summed E-state index contributed by atoms with van der Waals surface area (Å²) in [6.45, 7) is 32.2. The molecular weight excluding hydrogens is 781 g/mol. The number of ether oxygens (including phenoxy) is 1. The third kappa shape index (κ3) is 16.9. The highest BCUT2D eigenvalue weighted by Crippen LogP contribution is 2.44. The Morgan fingerprint density at radius 1 is 0.532 bits per heavy atom. The van der Waals surface area contributed by atoms with Crippen LogP contribution in [-0.4, -0.2) is 16.2 Å². The van der Waals surface area contributed by atoms with Crippen molar-refractivity contribution in [2.75, 3.05) is 0 Å². The molecular formula is C57H90O4S. The molecule has 0 radical (unpaired) electrons. The molecule has 3 rings (SSSR count). The Hall–Kier alpha value is -2.92. The fraction of sp³-hybridized carbons (Fsp3) is 0.667. The van der Waals surface area contributed by atoms with E-state index in [9.17, 15) is 15.0 Å². The highest BCUT2D eigenvalue weighted by molar-refractivity contribution is 7.99. The number of esters is 1. The van der Waals surface area contributed by atoms with Gasteiger partial charge in [-0.3, -0.25) is 4.79 Å². The maximum absolute atomic E-state index is 14.6. The molecule has 4 nitrogen and oxygen atoms in total. The van der Waals surface area contributed by atoms with E-state index in [-0.39, 0.29) is 33.5 Å². The number of carbonyl (C=O) groups excluding carboxylic acids is 1. The van der Waals surface area contributed by atoms with E-state index in [0.717, 1.165) is 68.0 Å². The van der Waals surface area contributed by atoms with E-state index in [4.69, 9.17) is 4.74 Å². The summed E-state index contributed by atoms with van der Waals surface area (Å²) in [6.07, 6.45) is 22.4. The maximum atomic E-state index is 14.6. The minimum absolute atomic E-state index is 0.178. The normalized spacial score (nSPS) is 13.1. The van der Waals surface area contributed by atoms with Crippen molar-refractivity contribution in [2.24, 2.45) is 5.92 Å². The average Bonchev–Trinajstić information content (AvgIpc) is 3.14. The van der Waals surface area contributed by atoms with E-state index in [1.165, 1.54) is 89.9 Å². The highest BCUT2D eigenvalue weighted by Gasteiger charge is 2.30. The zero-order chi connectivity index (χ0) is 46.5. The molecule has 5 heteroatoms. The molecule has 0 fully saturated rings. The molecule has 1 atom stereocenters. The second-order valence-corrected chi connectivity index (χ2v) is 23.9. The van der Waals surface area contributed by atoms with Crippen LogP contribution < -0.4 is 4.74 Å². The number of phenolic OH excluding ortho intramolecular Hbond substituents is 2. The summed E-state index contributed by atoms with van der Waals surface area (Å²) >= 11 is 1.71. The molecule has 3 aromatic rings. The van der Waals surface area contributed by atoms with Gasteiger partial charge in [0.15, 0.2) is 0 Å². The zero-order valence-corrected chi connectivity index (χ0v) is 43.2. The first kappa shape index (κ1) is 53.4. The van der Waals surface area contributed by atoms with Crippen LogP contribution >= 0.6 is 11.8 Å². The molecule has 2 N–H and O–H groups in total. The lowest BCUT2D eigenvalue weighted by molar-refractivity contribution is -0.139. The van der Waals surface area contributed by atoms with Crippen LogP contribution in [-0.2, 0) is 32.9 Å². The van der Waals surface area contributed by atoms with Crippen molar-refractivity contribution < 1.29 is 19.7 Å². The first-order valence-electron chi connectivity index (χ1n) is 24.6. The molecule has 0 bridgehead atoms. The number of hydrogen-bond acceptors (Lipinski definition) is 5. The van der Waals surface area contributed by atoms with Gasteiger partial charge in [-0.25, -0.2) is 0 Å². The number of unbranched alkanes of at least 4 members (excludes halogenated alkanes) is 15. The van der Waals surface area contributed by atoms with Gasteiger partial charge in [0.05, 0.1) is 5.92 Å². The van der Waals surface area contributed by atoms with Crippen LogP contribution in [0.3, 0.4) is 0 Å². The lowest BCUT2D eigenvalue weighted by Crippen LogP contribution is -2.25. The van der Waals surface area contributed by atoms with Gasteiger partial charge in [-0.1, -0.05) is 217 Å². The van der Waals surface area contributed by atoms with Crippen LogP contribution in [0.2, 0.25) is 0 Å². The van der Waals surface area contributed by atoms with Gasteiger partial charge in [0.2, 0.25) is 0 Å². The molecule has 0 aromatic heterocycles. The summed E-state index contributed by atoms with van der Waals surface area (Å²) in [5.74, 6) is 0.841. The number of phenols is 2. The molecule has 348 valence electrons. The van der Waals surface area contributed by atoms with E-state index < -0.39 is 0 Å². The topological polar surface area (TPSA) is 66.8 Å². The van der Waals surface area contributed by atoms with Crippen LogP contribution in [0.4, 0.5) is 0 Å². The minimum Gasteiger partial charge on any atom is -0.508 e. The number of hydrogen-bond donors (Lipinski definition) is 2. The van der Waals surface area contributed by atoms with Gasteiger partial charge in [-0.05, 0) is 100 Å². The zero-order valence-electron chi connectivity index (χ0n) is 42.4. The summed E-state index contributed by atoms with van der Waals surface area (Å²) in [5.41, 5.74) is 5.96. The molecule has 0 spiro atoms. The third-order valence-corrected chi connectivity index (χ3v) is 13.9. The molecule has 0 amide bonds. The van der Waals surface area contributed by atoms with Crippen LogP contribution in [0, 0.1) is 19.8 Å². The Balaban J connectivity index is 1.81.